The van der Waals surface area contributed by atoms with E-state index >= 15 is 0 Å². The van der Waals surface area contributed by atoms with Crippen LogP contribution in [0.15, 0.2) is 111 Å². The minimum atomic E-state index is -5.26. The number of hydrogen-bond acceptors (Lipinski definition) is 15. The van der Waals surface area contributed by atoms with Crippen molar-refractivity contribution < 1.29 is 97.6 Å². The smallest absolute Gasteiger partial charge is 0.336 e. The number of fused-ring (bicyclic) bond motifs is 4. The normalized spacial score (nSPS) is 16.9. The van der Waals surface area contributed by atoms with Crippen molar-refractivity contribution in [2.75, 3.05) is 16.4 Å². The van der Waals surface area contributed by atoms with E-state index in [9.17, 15) is 97.6 Å². The van der Waals surface area contributed by atoms with Crippen molar-refractivity contribution in [2.45, 2.75) is 84.5 Å². The first kappa shape index (κ1) is 59.8. The van der Waals surface area contributed by atoms with Crippen molar-refractivity contribution in [3.05, 3.63) is 146 Å². The van der Waals surface area contributed by atoms with Gasteiger partial charge in [0.15, 0.2) is 12.1 Å². The Hall–Kier alpha value is -6.33. The lowest BCUT2D eigenvalue weighted by molar-refractivity contribution is 0.0681. The monoisotopic (exact) mass is 1240 g/mol. The predicted octanol–water partition coefficient (Wildman–Crippen LogP) is 2.28. The van der Waals surface area contributed by atoms with Crippen LogP contribution in [0.5, 0.6) is 0 Å². The minimum absolute atomic E-state index is 0.0215. The van der Waals surface area contributed by atoms with Gasteiger partial charge in [-0.2, -0.15) is 50.5 Å². The van der Waals surface area contributed by atoms with Crippen LogP contribution in [-0.2, 0) is 73.8 Å². The number of aromatic carboxylic acids is 2. The molecule has 0 fully saturated rings. The van der Waals surface area contributed by atoms with Gasteiger partial charge in [0.1, 0.15) is 29.4 Å². The summed E-state index contributed by atoms with van der Waals surface area (Å²) in [4.78, 5) is 23.9. The van der Waals surface area contributed by atoms with Crippen LogP contribution in [0.1, 0.15) is 81.8 Å². The summed E-state index contributed by atoms with van der Waals surface area (Å²) in [7, 11) is -34.0. The van der Waals surface area contributed by atoms with Gasteiger partial charge in [0.2, 0.25) is 5.36 Å². The van der Waals surface area contributed by atoms with Crippen LogP contribution < -0.4 is 30.4 Å². The van der Waals surface area contributed by atoms with E-state index in [1.165, 1.54) is 24.3 Å². The minimum Gasteiger partial charge on any atom is -0.478 e. The lowest BCUT2D eigenvalue weighted by atomic mass is 9.83. The highest BCUT2D eigenvalue weighted by Gasteiger charge is 2.44. The summed E-state index contributed by atoms with van der Waals surface area (Å²) in [5.74, 6) is -5.15. The molecule has 0 bridgehead atoms. The van der Waals surface area contributed by atoms with Crippen LogP contribution in [0.4, 0.5) is 5.69 Å². The van der Waals surface area contributed by atoms with Crippen molar-refractivity contribution in [1.82, 2.24) is 4.58 Å². The van der Waals surface area contributed by atoms with Crippen LogP contribution in [0.25, 0.3) is 16.7 Å². The molecular formula is C49H49N2O22S6Si+. The van der Waals surface area contributed by atoms with E-state index in [1.807, 2.05) is 13.1 Å². The molecule has 0 aliphatic carbocycles. The summed E-state index contributed by atoms with van der Waals surface area (Å²) < 4.78 is 215. The van der Waals surface area contributed by atoms with Crippen LogP contribution >= 0.6 is 0 Å². The summed E-state index contributed by atoms with van der Waals surface area (Å²) in [6.45, 7) is 8.94. The Balaban J connectivity index is 1.57. The van der Waals surface area contributed by atoms with Crippen molar-refractivity contribution in [3.8, 4) is 0 Å². The highest BCUT2D eigenvalue weighted by atomic mass is 32.2. The molecule has 3 aliphatic heterocycles. The largest absolute Gasteiger partial charge is 0.478 e. The summed E-state index contributed by atoms with van der Waals surface area (Å²) in [5.41, 5.74) is -4.16. The molecular weight excluding hydrogens is 1190 g/mol. The number of anilines is 1. The summed E-state index contributed by atoms with van der Waals surface area (Å²) >= 11 is 0. The molecule has 24 nitrogen and oxygen atoms in total. The summed E-state index contributed by atoms with van der Waals surface area (Å²) in [6, 6.07) is 14.1. The molecule has 5 aromatic carbocycles. The predicted molar refractivity (Wildman–Crippen MR) is 291 cm³/mol. The van der Waals surface area contributed by atoms with Crippen molar-refractivity contribution in [3.63, 3.8) is 0 Å². The number of hydrogen-bond donors (Lipinski definition) is 8. The Labute approximate surface area is 459 Å². The average molecular weight is 1240 g/mol. The maximum atomic E-state index is 13.3. The molecule has 0 unspecified atom stereocenters. The fourth-order valence-electron chi connectivity index (χ4n) is 10.7. The Bertz CT molecular complexity index is 4570. The van der Waals surface area contributed by atoms with E-state index in [4.69, 9.17) is 0 Å². The quantitative estimate of drug-likeness (QED) is 0.0423. The number of carboxylic acids is 2. The van der Waals surface area contributed by atoms with Crippen LogP contribution in [0.3, 0.4) is 0 Å². The molecule has 0 radical (unpaired) electrons. The third kappa shape index (κ3) is 11.5. The molecule has 3 heterocycles. The van der Waals surface area contributed by atoms with Crippen molar-refractivity contribution in [1.29, 1.82) is 0 Å². The molecule has 0 aromatic heterocycles. The number of carboxylic acid groups (broad SMARTS) is 2. The standard InChI is InChI=1S/C49H48N2O22S6Si/c1-48(2)20-29(24-74(56,57)58)34-16-37-43(18-39(34)50(48)22-27-7-10-31(76(62,63)64)14-41(27)78(68,69)70)80(5,6)44-19-40-35(17-38(44)45(37)36-13-26(46(52)53)9-12-33(36)47(54)55)30(25-75(59,60)61)21-49(3,4)51(40)23-28-8-11-32(77(65,66)67)15-42(28)79(71,72)73/h7-21H,22-25H2,1-6H3,(H7-,52,53,54,55,56,57,58,59,60,61,62,63,64,65,66,67,68,69,70,71,72,73)/p+1. The molecule has 3 aliphatic rings. The second-order valence-electron chi connectivity index (χ2n) is 20.9. The highest BCUT2D eigenvalue weighted by molar-refractivity contribution is 7.87. The first-order valence-corrected chi connectivity index (χ1v) is 35.2. The van der Waals surface area contributed by atoms with Gasteiger partial charge in [-0.25, -0.2) is 14.2 Å². The Kier molecular flexibility index (Phi) is 14.5. The molecule has 31 heteroatoms. The number of nitrogens with zero attached hydrogens (tertiary/aromatic N) is 2. The third-order valence-electron chi connectivity index (χ3n) is 14.2. The number of rotatable bonds is 15. The van der Waals surface area contributed by atoms with Gasteiger partial charge in [-0.1, -0.05) is 25.2 Å². The first-order chi connectivity index (χ1) is 36.3. The van der Waals surface area contributed by atoms with E-state index in [1.54, 1.807) is 49.3 Å². The molecule has 0 amide bonds. The maximum Gasteiger partial charge on any atom is 0.336 e. The average Bonchev–Trinajstić information content (AvgIpc) is 3.45. The van der Waals surface area contributed by atoms with Crippen LogP contribution in [-0.4, -0.2) is 131 Å². The van der Waals surface area contributed by atoms with E-state index in [0.29, 0.717) is 22.5 Å². The lowest BCUT2D eigenvalue weighted by Gasteiger charge is -2.45. The van der Waals surface area contributed by atoms with Crippen LogP contribution in [0, 0.1) is 0 Å². The van der Waals surface area contributed by atoms with E-state index in [-0.39, 0.29) is 66.4 Å². The van der Waals surface area contributed by atoms with Crippen molar-refractivity contribution >= 4 is 114 Å². The molecule has 0 atom stereocenters. The zero-order valence-electron chi connectivity index (χ0n) is 42.6. The van der Waals surface area contributed by atoms with Gasteiger partial charge >= 0.3 is 11.9 Å². The second kappa shape index (κ2) is 19.4. The second-order valence-corrected chi connectivity index (χ2v) is 33.8. The fraction of sp³-hybridized carbons (Fsp3) is 0.245. The van der Waals surface area contributed by atoms with Gasteiger partial charge in [-0.3, -0.25) is 27.3 Å². The van der Waals surface area contributed by atoms with Gasteiger partial charge in [0.25, 0.3) is 60.7 Å². The fourth-order valence-corrected chi connectivity index (χ4v) is 17.6. The highest BCUT2D eigenvalue weighted by Crippen LogP contribution is 2.44. The van der Waals surface area contributed by atoms with Crippen LogP contribution in [0.2, 0.25) is 13.1 Å². The Morgan fingerprint density at radius 2 is 1.07 bits per heavy atom. The summed E-state index contributed by atoms with van der Waals surface area (Å²) in [6.07, 6.45) is 2.84. The molecule has 80 heavy (non-hydrogen) atoms. The van der Waals surface area contributed by atoms with Gasteiger partial charge in [0.05, 0.1) is 32.0 Å². The number of benzene rings is 5. The Morgan fingerprint density at radius 1 is 0.550 bits per heavy atom. The van der Waals surface area contributed by atoms with E-state index < -0.39 is 147 Å². The van der Waals surface area contributed by atoms with Gasteiger partial charge in [-0.15, -0.1) is 0 Å². The molecule has 0 saturated carbocycles. The van der Waals surface area contributed by atoms with E-state index in [2.05, 4.69) is 0 Å². The maximum absolute atomic E-state index is 13.3. The molecule has 0 spiro atoms. The zero-order valence-corrected chi connectivity index (χ0v) is 48.5. The first-order valence-electron chi connectivity index (χ1n) is 23.2. The molecule has 8 rings (SSSR count). The van der Waals surface area contributed by atoms with Gasteiger partial charge < -0.3 is 15.1 Å². The molecule has 426 valence electrons. The number of carbonyl (C=O) groups is 2. The SMILES string of the molecule is CC1(C)C=C(CS(=O)(=O)O)c2cc3c(cc2N1Cc1ccc(S(=O)(=O)O)cc1S(=O)(=O)O)[Si](C)(C)c1cc2c(cc1=C3c1cc(C(=O)O)ccc1C(=O)O)C(CS(=O)(=O)O)=CC(C)(C)[N+]=2Cc1ccc(S(=O)(=O)O)cc1S(=O)(=O)O. The topological polar surface area (TPSA) is 407 Å². The molecule has 5 aromatic rings. The van der Waals surface area contributed by atoms with E-state index in [0.717, 1.165) is 42.5 Å². The summed E-state index contributed by atoms with van der Waals surface area (Å²) in [5, 5.41) is 22.2. The zero-order chi connectivity index (χ0) is 59.8. The molecule has 8 N–H and O–H groups in total. The Morgan fingerprint density at radius 3 is 1.57 bits per heavy atom. The lowest BCUT2D eigenvalue weighted by Crippen LogP contribution is -2.65. The van der Waals surface area contributed by atoms with Gasteiger partial charge in [-0.05, 0) is 136 Å². The third-order valence-corrected chi connectivity index (χ3v) is 22.6. The van der Waals surface area contributed by atoms with Crippen molar-refractivity contribution in [2.24, 2.45) is 0 Å². The van der Waals surface area contributed by atoms with Gasteiger partial charge in [0, 0.05) is 43.3 Å². The molecule has 0 saturated heterocycles.